The molecule has 9 heavy (non-hydrogen) atoms. The van der Waals surface area contributed by atoms with Gasteiger partial charge in [-0.25, -0.2) is 0 Å². The van der Waals surface area contributed by atoms with E-state index in [4.69, 9.17) is 10.00 Å². The first-order chi connectivity index (χ1) is 4.43. The summed E-state index contributed by atoms with van der Waals surface area (Å²) in [6.45, 7) is 3.92. The maximum Gasteiger partial charge on any atom is 0.0867 e. The predicted molar refractivity (Wildman–Crippen MR) is 32.9 cm³/mol. The Bertz CT molecular complexity index is 113. The fourth-order valence-electron chi connectivity index (χ4n) is 0.859. The van der Waals surface area contributed by atoms with Crippen LogP contribution in [0.15, 0.2) is 0 Å². The van der Waals surface area contributed by atoms with Crippen molar-refractivity contribution in [3.63, 3.8) is 0 Å². The Morgan fingerprint density at radius 2 is 2.11 bits per heavy atom. The summed E-state index contributed by atoms with van der Waals surface area (Å²) >= 11 is 0. The van der Waals surface area contributed by atoms with Crippen LogP contribution >= 0.6 is 0 Å². The van der Waals surface area contributed by atoms with E-state index in [0.717, 1.165) is 26.3 Å². The molecule has 0 atom stereocenters. The smallest absolute Gasteiger partial charge is 0.0867 e. The zero-order valence-electron chi connectivity index (χ0n) is 5.34. The largest absolute Gasteiger partial charge is 0.379 e. The van der Waals surface area contributed by atoms with Crippen LogP contribution in [0.3, 0.4) is 0 Å². The van der Waals surface area contributed by atoms with Crippen molar-refractivity contribution in [2.75, 3.05) is 32.8 Å². The maximum absolute atomic E-state index is 8.29. The van der Waals surface area contributed by atoms with Crippen LogP contribution in [0.1, 0.15) is 0 Å². The Balaban J connectivity index is 2.17. The summed E-state index contributed by atoms with van der Waals surface area (Å²) in [6, 6.07) is 2.11. The molecule has 3 heteroatoms. The van der Waals surface area contributed by atoms with E-state index in [1.54, 1.807) is 0 Å². The monoisotopic (exact) mass is 126 g/mol. The number of morpholine rings is 1. The van der Waals surface area contributed by atoms with Crippen molar-refractivity contribution < 1.29 is 4.74 Å². The van der Waals surface area contributed by atoms with E-state index in [-0.39, 0.29) is 0 Å². The second-order valence-corrected chi connectivity index (χ2v) is 2.05. The Labute approximate surface area is 54.8 Å². The Kier molecular flexibility index (Phi) is 2.49. The molecule has 1 saturated heterocycles. The first-order valence-electron chi connectivity index (χ1n) is 3.10. The molecule has 0 spiro atoms. The topological polar surface area (TPSA) is 36.3 Å². The quantitative estimate of drug-likeness (QED) is 0.458. The minimum Gasteiger partial charge on any atom is -0.379 e. The highest BCUT2D eigenvalue weighted by Crippen LogP contribution is 1.93. The van der Waals surface area contributed by atoms with Crippen LogP contribution in [-0.4, -0.2) is 37.7 Å². The predicted octanol–water partition coefficient (Wildman–Crippen LogP) is -0.158. The van der Waals surface area contributed by atoms with Crippen LogP contribution in [0.25, 0.3) is 0 Å². The lowest BCUT2D eigenvalue weighted by Gasteiger charge is -2.23. The average molecular weight is 126 g/mol. The first kappa shape index (κ1) is 6.53. The minimum atomic E-state index is 0.545. The van der Waals surface area contributed by atoms with Crippen molar-refractivity contribution >= 4 is 0 Å². The molecule has 0 aliphatic carbocycles. The molecule has 0 aromatic carbocycles. The summed E-state index contributed by atoms with van der Waals surface area (Å²) in [5.74, 6) is 0. The molecule has 0 unspecified atom stereocenters. The van der Waals surface area contributed by atoms with Gasteiger partial charge >= 0.3 is 0 Å². The lowest BCUT2D eigenvalue weighted by Crippen LogP contribution is -2.36. The van der Waals surface area contributed by atoms with Crippen molar-refractivity contribution in [3.8, 4) is 6.07 Å². The highest BCUT2D eigenvalue weighted by molar-refractivity contribution is 4.77. The summed E-state index contributed by atoms with van der Waals surface area (Å²) in [5, 5.41) is 8.29. The third-order valence-corrected chi connectivity index (χ3v) is 1.40. The molecule has 1 fully saturated rings. The van der Waals surface area contributed by atoms with E-state index in [0.29, 0.717) is 6.54 Å². The number of rotatable bonds is 1. The van der Waals surface area contributed by atoms with Gasteiger partial charge in [0.25, 0.3) is 0 Å². The van der Waals surface area contributed by atoms with Gasteiger partial charge in [0.1, 0.15) is 0 Å². The summed E-state index contributed by atoms with van der Waals surface area (Å²) in [5.41, 5.74) is 0. The van der Waals surface area contributed by atoms with Crippen LogP contribution in [0, 0.1) is 11.3 Å². The molecule has 0 N–H and O–H groups in total. The van der Waals surface area contributed by atoms with Gasteiger partial charge in [0.2, 0.25) is 0 Å². The summed E-state index contributed by atoms with van der Waals surface area (Å²) in [6.07, 6.45) is 0. The fourth-order valence-corrected chi connectivity index (χ4v) is 0.859. The zero-order valence-corrected chi connectivity index (χ0v) is 5.34. The Hall–Kier alpha value is -0.590. The fraction of sp³-hybridized carbons (Fsp3) is 0.833. The summed E-state index contributed by atoms with van der Waals surface area (Å²) < 4.78 is 5.09. The van der Waals surface area contributed by atoms with Crippen molar-refractivity contribution in [1.29, 1.82) is 5.26 Å². The van der Waals surface area contributed by atoms with Crippen molar-refractivity contribution in [3.05, 3.63) is 0 Å². The van der Waals surface area contributed by atoms with Crippen molar-refractivity contribution in [2.45, 2.75) is 0 Å². The SMILES string of the molecule is N#CCN1CCOCC1. The molecule has 0 bridgehead atoms. The van der Waals surface area contributed by atoms with Crippen LogP contribution in [0.5, 0.6) is 0 Å². The van der Waals surface area contributed by atoms with Gasteiger partial charge < -0.3 is 4.74 Å². The molecule has 0 radical (unpaired) electrons. The molecule has 1 aliphatic heterocycles. The lowest BCUT2D eigenvalue weighted by molar-refractivity contribution is 0.0441. The molecule has 0 amide bonds. The van der Waals surface area contributed by atoms with E-state index < -0.39 is 0 Å². The minimum absolute atomic E-state index is 0.545. The third kappa shape index (κ3) is 2.00. The summed E-state index contributed by atoms with van der Waals surface area (Å²) in [4.78, 5) is 2.09. The molecule has 0 aromatic heterocycles. The molecule has 1 aliphatic rings. The molecule has 0 saturated carbocycles. The van der Waals surface area contributed by atoms with Crippen molar-refractivity contribution in [2.24, 2.45) is 0 Å². The van der Waals surface area contributed by atoms with E-state index in [1.807, 2.05) is 0 Å². The summed E-state index contributed by atoms with van der Waals surface area (Å²) in [7, 11) is 0. The highest BCUT2D eigenvalue weighted by atomic mass is 16.5. The van der Waals surface area contributed by atoms with Crippen LogP contribution in [-0.2, 0) is 4.74 Å². The third-order valence-electron chi connectivity index (χ3n) is 1.40. The number of ether oxygens (including phenoxy) is 1. The first-order valence-corrected chi connectivity index (χ1v) is 3.10. The second-order valence-electron chi connectivity index (χ2n) is 2.05. The number of hydrogen-bond acceptors (Lipinski definition) is 3. The number of nitriles is 1. The van der Waals surface area contributed by atoms with Crippen LogP contribution in [0.2, 0.25) is 0 Å². The molecular weight excluding hydrogens is 116 g/mol. The van der Waals surface area contributed by atoms with E-state index in [9.17, 15) is 0 Å². The maximum atomic E-state index is 8.29. The van der Waals surface area contributed by atoms with Gasteiger partial charge in [0.15, 0.2) is 0 Å². The van der Waals surface area contributed by atoms with Gasteiger partial charge in [0, 0.05) is 13.1 Å². The van der Waals surface area contributed by atoms with Gasteiger partial charge in [-0.2, -0.15) is 5.26 Å². The van der Waals surface area contributed by atoms with Gasteiger partial charge in [0.05, 0.1) is 25.8 Å². The van der Waals surface area contributed by atoms with E-state index in [1.165, 1.54) is 0 Å². The van der Waals surface area contributed by atoms with Crippen molar-refractivity contribution in [1.82, 2.24) is 4.90 Å². The van der Waals surface area contributed by atoms with E-state index >= 15 is 0 Å². The van der Waals surface area contributed by atoms with Gasteiger partial charge in [-0.15, -0.1) is 0 Å². The zero-order chi connectivity index (χ0) is 6.53. The van der Waals surface area contributed by atoms with Gasteiger partial charge in [-0.1, -0.05) is 0 Å². The standard InChI is InChI=1S/C6H10N2O/c7-1-2-8-3-5-9-6-4-8/h2-6H2. The van der Waals surface area contributed by atoms with Crippen LogP contribution < -0.4 is 0 Å². The molecular formula is C6H10N2O. The number of hydrogen-bond donors (Lipinski definition) is 0. The molecule has 3 nitrogen and oxygen atoms in total. The lowest BCUT2D eigenvalue weighted by atomic mass is 10.4. The van der Waals surface area contributed by atoms with E-state index in [2.05, 4.69) is 11.0 Å². The Morgan fingerprint density at radius 3 is 2.67 bits per heavy atom. The number of nitrogens with zero attached hydrogens (tertiary/aromatic N) is 2. The molecule has 1 rings (SSSR count). The average Bonchev–Trinajstić information content (AvgIpc) is 1.91. The van der Waals surface area contributed by atoms with Gasteiger partial charge in [-0.3, -0.25) is 4.90 Å². The molecule has 50 valence electrons. The molecule has 1 heterocycles. The van der Waals surface area contributed by atoms with Gasteiger partial charge in [-0.05, 0) is 0 Å². The van der Waals surface area contributed by atoms with Crippen LogP contribution in [0.4, 0.5) is 0 Å². The Morgan fingerprint density at radius 1 is 1.44 bits per heavy atom. The normalized spacial score (nSPS) is 21.2. The second kappa shape index (κ2) is 3.44. The highest BCUT2D eigenvalue weighted by Gasteiger charge is 2.07. The molecule has 0 aromatic rings.